The summed E-state index contributed by atoms with van der Waals surface area (Å²) in [7, 11) is 2.22. The Bertz CT molecular complexity index is 180. The Balaban J connectivity index is 2.00. The van der Waals surface area contributed by atoms with E-state index in [1.807, 2.05) is 0 Å². The maximum absolute atomic E-state index is 3.53. The minimum Gasteiger partial charge on any atom is -0.311 e. The van der Waals surface area contributed by atoms with E-state index in [1.54, 1.807) is 0 Å². The van der Waals surface area contributed by atoms with Crippen molar-refractivity contribution in [1.82, 2.24) is 15.1 Å². The van der Waals surface area contributed by atoms with Gasteiger partial charge in [0.1, 0.15) is 0 Å². The van der Waals surface area contributed by atoms with Crippen molar-refractivity contribution in [2.24, 2.45) is 0 Å². The molecule has 1 fully saturated rings. The van der Waals surface area contributed by atoms with Gasteiger partial charge in [0.15, 0.2) is 0 Å². The molecule has 1 aliphatic heterocycles. The Morgan fingerprint density at radius 2 is 1.75 bits per heavy atom. The van der Waals surface area contributed by atoms with Crippen LogP contribution in [-0.2, 0) is 0 Å². The SMILES string of the molecule is CN(CCNC(C)(C)C)CCN1CCCC1. The zero-order valence-corrected chi connectivity index (χ0v) is 11.6. The molecule has 3 heteroatoms. The number of likely N-dealkylation sites (N-methyl/N-ethyl adjacent to an activating group) is 1. The smallest absolute Gasteiger partial charge is 0.0109 e. The van der Waals surface area contributed by atoms with Crippen molar-refractivity contribution < 1.29 is 0 Å². The number of rotatable bonds is 6. The van der Waals surface area contributed by atoms with Gasteiger partial charge in [0, 0.05) is 31.7 Å². The predicted molar refractivity (Wildman–Crippen MR) is 70.9 cm³/mol. The van der Waals surface area contributed by atoms with E-state index in [1.165, 1.54) is 39.0 Å². The molecule has 1 heterocycles. The average molecular weight is 227 g/mol. The maximum Gasteiger partial charge on any atom is 0.0109 e. The van der Waals surface area contributed by atoms with Crippen molar-refractivity contribution in [1.29, 1.82) is 0 Å². The van der Waals surface area contributed by atoms with Crippen molar-refractivity contribution in [2.75, 3.05) is 46.3 Å². The minimum atomic E-state index is 0.246. The van der Waals surface area contributed by atoms with Crippen LogP contribution in [0, 0.1) is 0 Å². The summed E-state index contributed by atoms with van der Waals surface area (Å²) in [6.07, 6.45) is 2.80. The summed E-state index contributed by atoms with van der Waals surface area (Å²) in [5.41, 5.74) is 0.246. The number of hydrogen-bond acceptors (Lipinski definition) is 3. The van der Waals surface area contributed by atoms with Crippen LogP contribution in [0.2, 0.25) is 0 Å². The molecular weight excluding hydrogens is 198 g/mol. The molecule has 0 aliphatic carbocycles. The topological polar surface area (TPSA) is 18.5 Å². The van der Waals surface area contributed by atoms with Gasteiger partial charge >= 0.3 is 0 Å². The molecule has 0 radical (unpaired) electrons. The summed E-state index contributed by atoms with van der Waals surface area (Å²) in [5, 5.41) is 3.53. The average Bonchev–Trinajstić information content (AvgIpc) is 2.65. The zero-order valence-electron chi connectivity index (χ0n) is 11.6. The van der Waals surface area contributed by atoms with Gasteiger partial charge < -0.3 is 15.1 Å². The summed E-state index contributed by atoms with van der Waals surface area (Å²) >= 11 is 0. The van der Waals surface area contributed by atoms with Gasteiger partial charge in [-0.05, 0) is 53.8 Å². The Morgan fingerprint density at radius 3 is 2.31 bits per heavy atom. The van der Waals surface area contributed by atoms with E-state index in [2.05, 4.69) is 42.9 Å². The quantitative estimate of drug-likeness (QED) is 0.740. The molecule has 1 aliphatic rings. The summed E-state index contributed by atoms with van der Waals surface area (Å²) < 4.78 is 0. The highest BCUT2D eigenvalue weighted by molar-refractivity contribution is 4.71. The molecule has 96 valence electrons. The van der Waals surface area contributed by atoms with Crippen molar-refractivity contribution in [3.8, 4) is 0 Å². The molecule has 0 aromatic rings. The van der Waals surface area contributed by atoms with Crippen LogP contribution in [0.5, 0.6) is 0 Å². The molecule has 1 saturated heterocycles. The number of likely N-dealkylation sites (tertiary alicyclic amines) is 1. The molecule has 1 rings (SSSR count). The summed E-state index contributed by atoms with van der Waals surface area (Å²) in [4.78, 5) is 5.00. The second-order valence-corrected chi connectivity index (χ2v) is 6.03. The van der Waals surface area contributed by atoms with E-state index in [0.717, 1.165) is 13.1 Å². The van der Waals surface area contributed by atoms with Crippen molar-refractivity contribution in [3.63, 3.8) is 0 Å². The zero-order chi connectivity index (χ0) is 12.0. The van der Waals surface area contributed by atoms with Crippen LogP contribution in [0.25, 0.3) is 0 Å². The third kappa shape index (κ3) is 6.46. The second kappa shape index (κ2) is 6.58. The molecule has 16 heavy (non-hydrogen) atoms. The first-order chi connectivity index (χ1) is 7.47. The van der Waals surface area contributed by atoms with Gasteiger partial charge in [0.2, 0.25) is 0 Å². The summed E-state index contributed by atoms with van der Waals surface area (Å²) in [5.74, 6) is 0. The minimum absolute atomic E-state index is 0.246. The molecule has 0 atom stereocenters. The highest BCUT2D eigenvalue weighted by Crippen LogP contribution is 2.06. The first-order valence-electron chi connectivity index (χ1n) is 6.63. The van der Waals surface area contributed by atoms with Crippen molar-refractivity contribution in [2.45, 2.75) is 39.2 Å². The van der Waals surface area contributed by atoms with E-state index in [-0.39, 0.29) is 5.54 Å². The van der Waals surface area contributed by atoms with Gasteiger partial charge in [-0.2, -0.15) is 0 Å². The monoisotopic (exact) mass is 227 g/mol. The number of nitrogens with zero attached hydrogens (tertiary/aromatic N) is 2. The molecule has 3 nitrogen and oxygen atoms in total. The van der Waals surface area contributed by atoms with Gasteiger partial charge in [0.05, 0.1) is 0 Å². The second-order valence-electron chi connectivity index (χ2n) is 6.03. The van der Waals surface area contributed by atoms with E-state index >= 15 is 0 Å². The highest BCUT2D eigenvalue weighted by Gasteiger charge is 2.12. The summed E-state index contributed by atoms with van der Waals surface area (Å²) in [6, 6.07) is 0. The molecule has 0 amide bonds. The van der Waals surface area contributed by atoms with Crippen molar-refractivity contribution in [3.05, 3.63) is 0 Å². The molecule has 0 bridgehead atoms. The fraction of sp³-hybridized carbons (Fsp3) is 1.00. The molecule has 0 unspecified atom stereocenters. The Hall–Kier alpha value is -0.120. The van der Waals surface area contributed by atoms with Gasteiger partial charge in [-0.15, -0.1) is 0 Å². The molecule has 0 aromatic heterocycles. The van der Waals surface area contributed by atoms with Crippen molar-refractivity contribution >= 4 is 0 Å². The van der Waals surface area contributed by atoms with E-state index in [9.17, 15) is 0 Å². The number of nitrogens with one attached hydrogen (secondary N) is 1. The molecule has 0 spiro atoms. The first kappa shape index (κ1) is 13.9. The van der Waals surface area contributed by atoms with Gasteiger partial charge in [-0.25, -0.2) is 0 Å². The standard InChI is InChI=1S/C13H29N3/c1-13(2,3)14-7-10-15(4)11-12-16-8-5-6-9-16/h14H,5-12H2,1-4H3. The fourth-order valence-electron chi connectivity index (χ4n) is 2.05. The lowest BCUT2D eigenvalue weighted by molar-refractivity contribution is 0.251. The summed E-state index contributed by atoms with van der Waals surface area (Å²) in [6.45, 7) is 14.0. The van der Waals surface area contributed by atoms with E-state index in [0.29, 0.717) is 0 Å². The van der Waals surface area contributed by atoms with Crippen LogP contribution in [0.15, 0.2) is 0 Å². The lowest BCUT2D eigenvalue weighted by Gasteiger charge is -2.25. The maximum atomic E-state index is 3.53. The van der Waals surface area contributed by atoms with Crippen LogP contribution < -0.4 is 5.32 Å². The Morgan fingerprint density at radius 1 is 1.12 bits per heavy atom. The Kier molecular flexibility index (Phi) is 5.73. The highest BCUT2D eigenvalue weighted by atomic mass is 15.2. The van der Waals surface area contributed by atoms with Crippen LogP contribution in [0.1, 0.15) is 33.6 Å². The molecule has 0 saturated carbocycles. The van der Waals surface area contributed by atoms with Gasteiger partial charge in [-0.1, -0.05) is 0 Å². The predicted octanol–water partition coefficient (Wildman–Crippen LogP) is 1.40. The lowest BCUT2D eigenvalue weighted by Crippen LogP contribution is -2.41. The van der Waals surface area contributed by atoms with Crippen LogP contribution >= 0.6 is 0 Å². The van der Waals surface area contributed by atoms with Crippen LogP contribution in [0.3, 0.4) is 0 Å². The van der Waals surface area contributed by atoms with Crippen LogP contribution in [-0.4, -0.2) is 61.7 Å². The molecular formula is C13H29N3. The fourth-order valence-corrected chi connectivity index (χ4v) is 2.05. The molecule has 1 N–H and O–H groups in total. The lowest BCUT2D eigenvalue weighted by atomic mass is 10.1. The van der Waals surface area contributed by atoms with Crippen LogP contribution in [0.4, 0.5) is 0 Å². The normalized spacial score (nSPS) is 18.6. The first-order valence-corrected chi connectivity index (χ1v) is 6.63. The van der Waals surface area contributed by atoms with Gasteiger partial charge in [0.25, 0.3) is 0 Å². The third-order valence-electron chi connectivity index (χ3n) is 3.15. The van der Waals surface area contributed by atoms with E-state index < -0.39 is 0 Å². The van der Waals surface area contributed by atoms with Gasteiger partial charge in [-0.3, -0.25) is 0 Å². The number of hydrogen-bond donors (Lipinski definition) is 1. The third-order valence-corrected chi connectivity index (χ3v) is 3.15. The van der Waals surface area contributed by atoms with E-state index in [4.69, 9.17) is 0 Å². The molecule has 0 aromatic carbocycles. The Labute approximate surface area is 101 Å². The largest absolute Gasteiger partial charge is 0.311 e.